The van der Waals surface area contributed by atoms with Crippen LogP contribution in [0.4, 0.5) is 4.39 Å². The fraction of sp³-hybridized carbons (Fsp3) is 0.200. The standard InChI is InChI=1S/C10H7BrClF/c11-9-5-4-8(7-10(9)13)3-1-2-6-12/h4-5,7H,2,6H2. The van der Waals surface area contributed by atoms with E-state index in [9.17, 15) is 4.39 Å². The lowest BCUT2D eigenvalue weighted by atomic mass is 10.2. The summed E-state index contributed by atoms with van der Waals surface area (Å²) in [6.45, 7) is 0. The maximum atomic E-state index is 12.9. The van der Waals surface area contributed by atoms with Crippen LogP contribution >= 0.6 is 27.5 Å². The van der Waals surface area contributed by atoms with E-state index in [1.165, 1.54) is 6.07 Å². The van der Waals surface area contributed by atoms with Crippen LogP contribution in [-0.4, -0.2) is 5.88 Å². The van der Waals surface area contributed by atoms with Gasteiger partial charge in [0.15, 0.2) is 0 Å². The Kier molecular flexibility index (Phi) is 4.27. The number of alkyl halides is 1. The lowest BCUT2D eigenvalue weighted by Crippen LogP contribution is -1.80. The van der Waals surface area contributed by atoms with Gasteiger partial charge in [-0.25, -0.2) is 4.39 Å². The highest BCUT2D eigenvalue weighted by Crippen LogP contribution is 2.15. The van der Waals surface area contributed by atoms with E-state index in [-0.39, 0.29) is 5.82 Å². The van der Waals surface area contributed by atoms with Gasteiger partial charge in [-0.1, -0.05) is 11.8 Å². The highest BCUT2D eigenvalue weighted by molar-refractivity contribution is 9.10. The molecule has 68 valence electrons. The van der Waals surface area contributed by atoms with E-state index >= 15 is 0 Å². The van der Waals surface area contributed by atoms with Crippen molar-refractivity contribution in [2.75, 3.05) is 5.88 Å². The highest BCUT2D eigenvalue weighted by atomic mass is 79.9. The Labute approximate surface area is 90.2 Å². The van der Waals surface area contributed by atoms with Gasteiger partial charge in [-0.05, 0) is 34.1 Å². The van der Waals surface area contributed by atoms with Gasteiger partial charge >= 0.3 is 0 Å². The summed E-state index contributed by atoms with van der Waals surface area (Å²) < 4.78 is 13.4. The Morgan fingerprint density at radius 1 is 1.46 bits per heavy atom. The Balaban J connectivity index is 2.81. The van der Waals surface area contributed by atoms with E-state index in [1.54, 1.807) is 12.1 Å². The molecule has 0 nitrogen and oxygen atoms in total. The third-order valence-corrected chi connectivity index (χ3v) is 2.20. The summed E-state index contributed by atoms with van der Waals surface area (Å²) in [6.07, 6.45) is 0.624. The van der Waals surface area contributed by atoms with Crippen molar-refractivity contribution >= 4 is 27.5 Å². The average molecular weight is 262 g/mol. The first-order valence-electron chi connectivity index (χ1n) is 3.74. The minimum absolute atomic E-state index is 0.294. The summed E-state index contributed by atoms with van der Waals surface area (Å²) in [7, 11) is 0. The summed E-state index contributed by atoms with van der Waals surface area (Å²) in [6, 6.07) is 4.79. The van der Waals surface area contributed by atoms with E-state index in [1.807, 2.05) is 0 Å². The molecule has 0 saturated heterocycles. The van der Waals surface area contributed by atoms with Crippen LogP contribution in [0.15, 0.2) is 22.7 Å². The summed E-state index contributed by atoms with van der Waals surface area (Å²) in [5, 5.41) is 0. The molecular weight excluding hydrogens is 254 g/mol. The number of halogens is 3. The van der Waals surface area contributed by atoms with Crippen LogP contribution < -0.4 is 0 Å². The average Bonchev–Trinajstić information content (AvgIpc) is 2.12. The molecule has 3 heteroatoms. The lowest BCUT2D eigenvalue weighted by molar-refractivity contribution is 0.620. The first-order chi connectivity index (χ1) is 6.24. The van der Waals surface area contributed by atoms with Crippen LogP contribution in [0.1, 0.15) is 12.0 Å². The van der Waals surface area contributed by atoms with Crippen LogP contribution in [0.5, 0.6) is 0 Å². The minimum Gasteiger partial charge on any atom is -0.206 e. The molecule has 13 heavy (non-hydrogen) atoms. The van der Waals surface area contributed by atoms with Gasteiger partial charge < -0.3 is 0 Å². The zero-order chi connectivity index (χ0) is 9.68. The molecule has 0 atom stereocenters. The zero-order valence-corrected chi connectivity index (χ0v) is 9.12. The quantitative estimate of drug-likeness (QED) is 0.535. The van der Waals surface area contributed by atoms with Crippen molar-refractivity contribution in [2.45, 2.75) is 6.42 Å². The maximum Gasteiger partial charge on any atom is 0.138 e. The van der Waals surface area contributed by atoms with E-state index < -0.39 is 0 Å². The molecule has 0 aromatic heterocycles. The van der Waals surface area contributed by atoms with Crippen LogP contribution in [0.25, 0.3) is 0 Å². The van der Waals surface area contributed by atoms with E-state index in [2.05, 4.69) is 27.8 Å². The third-order valence-electron chi connectivity index (χ3n) is 1.37. The molecule has 0 radical (unpaired) electrons. The first-order valence-corrected chi connectivity index (χ1v) is 5.06. The minimum atomic E-state index is -0.294. The molecule has 1 aromatic rings. The van der Waals surface area contributed by atoms with Crippen LogP contribution in [0.2, 0.25) is 0 Å². The van der Waals surface area contributed by atoms with E-state index in [4.69, 9.17) is 11.6 Å². The van der Waals surface area contributed by atoms with Gasteiger partial charge in [0.05, 0.1) is 4.47 Å². The Bertz CT molecular complexity index is 352. The number of rotatable bonds is 1. The molecule has 1 rings (SSSR count). The molecular formula is C10H7BrClF. The lowest BCUT2D eigenvalue weighted by Gasteiger charge is -1.93. The van der Waals surface area contributed by atoms with Crippen molar-refractivity contribution in [3.8, 4) is 11.8 Å². The number of benzene rings is 1. The molecule has 0 aliphatic carbocycles. The molecule has 0 saturated carbocycles. The largest absolute Gasteiger partial charge is 0.206 e. The second-order valence-electron chi connectivity index (χ2n) is 2.37. The molecule has 0 aliphatic rings. The van der Waals surface area contributed by atoms with Gasteiger partial charge in [-0.15, -0.1) is 11.6 Å². The third kappa shape index (κ3) is 3.38. The first kappa shape index (κ1) is 10.6. The fourth-order valence-electron chi connectivity index (χ4n) is 0.786. The molecule has 0 heterocycles. The Morgan fingerprint density at radius 3 is 2.85 bits per heavy atom. The van der Waals surface area contributed by atoms with Crippen molar-refractivity contribution < 1.29 is 4.39 Å². The van der Waals surface area contributed by atoms with Gasteiger partial charge in [0.25, 0.3) is 0 Å². The highest BCUT2D eigenvalue weighted by Gasteiger charge is 1.97. The molecule has 0 N–H and O–H groups in total. The smallest absolute Gasteiger partial charge is 0.138 e. The molecule has 0 bridgehead atoms. The monoisotopic (exact) mass is 260 g/mol. The van der Waals surface area contributed by atoms with Crippen LogP contribution in [-0.2, 0) is 0 Å². The second-order valence-corrected chi connectivity index (χ2v) is 3.60. The Hall–Kier alpha value is -0.520. The predicted octanol–water partition coefficient (Wildman–Crippen LogP) is 3.57. The zero-order valence-electron chi connectivity index (χ0n) is 6.78. The maximum absolute atomic E-state index is 12.9. The van der Waals surface area contributed by atoms with Gasteiger partial charge in [-0.3, -0.25) is 0 Å². The van der Waals surface area contributed by atoms with Gasteiger partial charge in [-0.2, -0.15) is 0 Å². The summed E-state index contributed by atoms with van der Waals surface area (Å²) in [5.41, 5.74) is 0.672. The molecule has 0 fully saturated rings. The van der Waals surface area contributed by atoms with Crippen molar-refractivity contribution in [3.05, 3.63) is 34.1 Å². The SMILES string of the molecule is Fc1cc(C#CCCCl)ccc1Br. The normalized spacial score (nSPS) is 9.15. The topological polar surface area (TPSA) is 0 Å². The molecule has 0 spiro atoms. The van der Waals surface area contributed by atoms with E-state index in [0.29, 0.717) is 22.3 Å². The molecule has 0 aliphatic heterocycles. The summed E-state index contributed by atoms with van der Waals surface area (Å²) in [5.74, 6) is 5.86. The molecule has 1 aromatic carbocycles. The fourth-order valence-corrected chi connectivity index (χ4v) is 1.13. The van der Waals surface area contributed by atoms with Crippen molar-refractivity contribution in [2.24, 2.45) is 0 Å². The van der Waals surface area contributed by atoms with E-state index in [0.717, 1.165) is 0 Å². The number of hydrogen-bond donors (Lipinski definition) is 0. The van der Waals surface area contributed by atoms with Gasteiger partial charge in [0.1, 0.15) is 5.82 Å². The van der Waals surface area contributed by atoms with Crippen LogP contribution in [0.3, 0.4) is 0 Å². The van der Waals surface area contributed by atoms with Gasteiger partial charge in [0.2, 0.25) is 0 Å². The molecule has 0 unspecified atom stereocenters. The molecule has 0 amide bonds. The Morgan fingerprint density at radius 2 is 2.23 bits per heavy atom. The van der Waals surface area contributed by atoms with Crippen LogP contribution in [0, 0.1) is 17.7 Å². The second kappa shape index (κ2) is 5.26. The summed E-state index contributed by atoms with van der Waals surface area (Å²) in [4.78, 5) is 0. The van der Waals surface area contributed by atoms with Crippen molar-refractivity contribution in [1.82, 2.24) is 0 Å². The number of hydrogen-bond acceptors (Lipinski definition) is 0. The van der Waals surface area contributed by atoms with Gasteiger partial charge in [0, 0.05) is 17.9 Å². The predicted molar refractivity (Wildman–Crippen MR) is 56.3 cm³/mol. The summed E-state index contributed by atoms with van der Waals surface area (Å²) >= 11 is 8.51. The van der Waals surface area contributed by atoms with Crippen molar-refractivity contribution in [3.63, 3.8) is 0 Å². The van der Waals surface area contributed by atoms with Crippen molar-refractivity contribution in [1.29, 1.82) is 0 Å².